The van der Waals surface area contributed by atoms with Gasteiger partial charge < -0.3 is 9.73 Å². The molecule has 0 bridgehead atoms. The Kier molecular flexibility index (Phi) is 3.79. The molecule has 1 atom stereocenters. The van der Waals surface area contributed by atoms with Crippen LogP contribution >= 0.6 is 0 Å². The SMILES string of the molecule is CCNC(Cc1ccoc1)c1ccc2ccccc2n1. The van der Waals surface area contributed by atoms with Gasteiger partial charge in [-0.15, -0.1) is 0 Å². The second-order valence-corrected chi connectivity index (χ2v) is 4.87. The molecule has 102 valence electrons. The number of pyridine rings is 1. The second-order valence-electron chi connectivity index (χ2n) is 4.87. The number of furan rings is 1. The average molecular weight is 266 g/mol. The van der Waals surface area contributed by atoms with Gasteiger partial charge in [0.25, 0.3) is 0 Å². The van der Waals surface area contributed by atoms with Crippen LogP contribution in [0.25, 0.3) is 10.9 Å². The van der Waals surface area contributed by atoms with Crippen LogP contribution in [0.5, 0.6) is 0 Å². The van der Waals surface area contributed by atoms with Crippen molar-refractivity contribution < 1.29 is 4.42 Å². The minimum Gasteiger partial charge on any atom is -0.472 e. The van der Waals surface area contributed by atoms with Crippen LogP contribution in [-0.2, 0) is 6.42 Å². The number of para-hydroxylation sites is 1. The predicted molar refractivity (Wildman–Crippen MR) is 80.6 cm³/mol. The van der Waals surface area contributed by atoms with E-state index >= 15 is 0 Å². The zero-order valence-corrected chi connectivity index (χ0v) is 11.5. The Bertz CT molecular complexity index is 676. The number of nitrogens with one attached hydrogen (secondary N) is 1. The highest BCUT2D eigenvalue weighted by atomic mass is 16.3. The van der Waals surface area contributed by atoms with Crippen LogP contribution in [0.15, 0.2) is 59.4 Å². The number of rotatable bonds is 5. The molecule has 0 aliphatic carbocycles. The van der Waals surface area contributed by atoms with Gasteiger partial charge in [-0.25, -0.2) is 0 Å². The summed E-state index contributed by atoms with van der Waals surface area (Å²) in [4.78, 5) is 4.78. The molecule has 3 heteroatoms. The maximum atomic E-state index is 5.15. The first-order chi connectivity index (χ1) is 9.86. The highest BCUT2D eigenvalue weighted by Gasteiger charge is 2.13. The van der Waals surface area contributed by atoms with Gasteiger partial charge in [-0.1, -0.05) is 31.2 Å². The molecule has 0 saturated heterocycles. The van der Waals surface area contributed by atoms with Crippen molar-refractivity contribution in [1.29, 1.82) is 0 Å². The summed E-state index contributed by atoms with van der Waals surface area (Å²) in [6, 6.07) is 14.7. The number of aromatic nitrogens is 1. The Morgan fingerprint density at radius 2 is 2.05 bits per heavy atom. The molecular formula is C17H18N2O. The van der Waals surface area contributed by atoms with E-state index in [1.165, 1.54) is 10.9 Å². The molecule has 1 unspecified atom stereocenters. The lowest BCUT2D eigenvalue weighted by atomic mass is 10.0. The average Bonchev–Trinajstić information content (AvgIpc) is 2.99. The zero-order chi connectivity index (χ0) is 13.8. The van der Waals surface area contributed by atoms with E-state index in [-0.39, 0.29) is 6.04 Å². The number of fused-ring (bicyclic) bond motifs is 1. The smallest absolute Gasteiger partial charge is 0.0935 e. The summed E-state index contributed by atoms with van der Waals surface area (Å²) in [5, 5.41) is 4.67. The lowest BCUT2D eigenvalue weighted by molar-refractivity contribution is 0.527. The molecule has 1 N–H and O–H groups in total. The van der Waals surface area contributed by atoms with Crippen LogP contribution in [0.1, 0.15) is 24.2 Å². The lowest BCUT2D eigenvalue weighted by Gasteiger charge is -2.17. The van der Waals surface area contributed by atoms with Gasteiger partial charge in [-0.3, -0.25) is 4.98 Å². The summed E-state index contributed by atoms with van der Waals surface area (Å²) in [6.07, 6.45) is 4.40. The second kappa shape index (κ2) is 5.88. The Morgan fingerprint density at radius 3 is 2.85 bits per heavy atom. The number of hydrogen-bond acceptors (Lipinski definition) is 3. The van der Waals surface area contributed by atoms with Crippen molar-refractivity contribution in [2.24, 2.45) is 0 Å². The molecule has 2 aromatic heterocycles. The molecule has 1 aromatic carbocycles. The molecule has 2 heterocycles. The molecule has 0 amide bonds. The van der Waals surface area contributed by atoms with Crippen molar-refractivity contribution in [2.75, 3.05) is 6.54 Å². The van der Waals surface area contributed by atoms with Crippen LogP contribution in [0.3, 0.4) is 0 Å². The number of likely N-dealkylation sites (N-methyl/N-ethyl adjacent to an activating group) is 1. The third-order valence-corrected chi connectivity index (χ3v) is 3.45. The van der Waals surface area contributed by atoms with E-state index in [4.69, 9.17) is 9.40 Å². The Morgan fingerprint density at radius 1 is 1.15 bits per heavy atom. The molecule has 0 radical (unpaired) electrons. The van der Waals surface area contributed by atoms with Gasteiger partial charge in [-0.2, -0.15) is 0 Å². The summed E-state index contributed by atoms with van der Waals surface area (Å²) >= 11 is 0. The molecule has 0 aliphatic heterocycles. The first-order valence-corrected chi connectivity index (χ1v) is 6.97. The van der Waals surface area contributed by atoms with Crippen molar-refractivity contribution >= 4 is 10.9 Å². The quantitative estimate of drug-likeness (QED) is 0.764. The summed E-state index contributed by atoms with van der Waals surface area (Å²) in [5.41, 5.74) is 3.30. The molecule has 20 heavy (non-hydrogen) atoms. The summed E-state index contributed by atoms with van der Waals surface area (Å²) in [5.74, 6) is 0. The Labute approximate surface area is 118 Å². The van der Waals surface area contributed by atoms with Crippen molar-refractivity contribution in [3.8, 4) is 0 Å². The van der Waals surface area contributed by atoms with E-state index < -0.39 is 0 Å². The minimum atomic E-state index is 0.210. The number of nitrogens with zero attached hydrogens (tertiary/aromatic N) is 1. The topological polar surface area (TPSA) is 38.1 Å². The van der Waals surface area contributed by atoms with E-state index in [1.807, 2.05) is 18.2 Å². The third kappa shape index (κ3) is 2.73. The lowest BCUT2D eigenvalue weighted by Crippen LogP contribution is -2.23. The van der Waals surface area contributed by atoms with Gasteiger partial charge in [0.1, 0.15) is 0 Å². The molecule has 3 aromatic rings. The van der Waals surface area contributed by atoms with Gasteiger partial charge in [0.2, 0.25) is 0 Å². The Balaban J connectivity index is 1.91. The van der Waals surface area contributed by atoms with Crippen molar-refractivity contribution in [2.45, 2.75) is 19.4 Å². The summed E-state index contributed by atoms with van der Waals surface area (Å²) in [6.45, 7) is 3.03. The van der Waals surface area contributed by atoms with Crippen LogP contribution < -0.4 is 5.32 Å². The van der Waals surface area contributed by atoms with Gasteiger partial charge in [-0.05, 0) is 36.7 Å². The molecule has 0 spiro atoms. The molecule has 3 nitrogen and oxygen atoms in total. The standard InChI is InChI=1S/C17H18N2O/c1-2-18-17(11-13-9-10-20-12-13)16-8-7-14-5-3-4-6-15(14)19-16/h3-10,12,17-18H,2,11H2,1H3. The Hall–Kier alpha value is -2.13. The summed E-state index contributed by atoms with van der Waals surface area (Å²) < 4.78 is 5.15. The van der Waals surface area contributed by atoms with E-state index in [1.54, 1.807) is 12.5 Å². The highest BCUT2D eigenvalue weighted by Crippen LogP contribution is 2.20. The van der Waals surface area contributed by atoms with Crippen LogP contribution in [0.2, 0.25) is 0 Å². The van der Waals surface area contributed by atoms with E-state index in [0.717, 1.165) is 24.2 Å². The van der Waals surface area contributed by atoms with Crippen LogP contribution in [0.4, 0.5) is 0 Å². The van der Waals surface area contributed by atoms with Gasteiger partial charge >= 0.3 is 0 Å². The number of benzene rings is 1. The third-order valence-electron chi connectivity index (χ3n) is 3.45. The normalized spacial score (nSPS) is 12.7. The monoisotopic (exact) mass is 266 g/mol. The highest BCUT2D eigenvalue weighted by molar-refractivity contribution is 5.78. The van der Waals surface area contributed by atoms with Crippen molar-refractivity contribution in [3.05, 3.63) is 66.2 Å². The maximum Gasteiger partial charge on any atom is 0.0935 e. The molecular weight excluding hydrogens is 248 g/mol. The van der Waals surface area contributed by atoms with Crippen molar-refractivity contribution in [1.82, 2.24) is 10.3 Å². The van der Waals surface area contributed by atoms with Gasteiger partial charge in [0.05, 0.1) is 29.8 Å². The minimum absolute atomic E-state index is 0.210. The van der Waals surface area contributed by atoms with E-state index in [9.17, 15) is 0 Å². The largest absolute Gasteiger partial charge is 0.472 e. The number of hydrogen-bond donors (Lipinski definition) is 1. The van der Waals surface area contributed by atoms with Gasteiger partial charge in [0.15, 0.2) is 0 Å². The van der Waals surface area contributed by atoms with Crippen LogP contribution in [0, 0.1) is 0 Å². The molecule has 0 aliphatic rings. The van der Waals surface area contributed by atoms with Crippen molar-refractivity contribution in [3.63, 3.8) is 0 Å². The van der Waals surface area contributed by atoms with Crippen LogP contribution in [-0.4, -0.2) is 11.5 Å². The fraction of sp³-hybridized carbons (Fsp3) is 0.235. The zero-order valence-electron chi connectivity index (χ0n) is 11.5. The fourth-order valence-electron chi connectivity index (χ4n) is 2.45. The molecule has 0 fully saturated rings. The first-order valence-electron chi connectivity index (χ1n) is 6.97. The predicted octanol–water partition coefficient (Wildman–Crippen LogP) is 3.72. The maximum absolute atomic E-state index is 5.15. The fourth-order valence-corrected chi connectivity index (χ4v) is 2.45. The molecule has 3 rings (SSSR count). The first kappa shape index (κ1) is 12.9. The van der Waals surface area contributed by atoms with E-state index in [2.05, 4.69) is 36.5 Å². The van der Waals surface area contributed by atoms with E-state index in [0.29, 0.717) is 0 Å². The molecule has 0 saturated carbocycles. The summed E-state index contributed by atoms with van der Waals surface area (Å²) in [7, 11) is 0. The van der Waals surface area contributed by atoms with Gasteiger partial charge in [0, 0.05) is 5.39 Å².